The number of hydrogen-bond acceptors (Lipinski definition) is 6. The number of hydrogen-bond donors (Lipinski definition) is 1. The smallest absolute Gasteiger partial charge is 0.137 e. The van der Waals surface area contributed by atoms with Gasteiger partial charge in [-0.25, -0.2) is 5.01 Å². The lowest BCUT2D eigenvalue weighted by Gasteiger charge is -2.38. The molecule has 2 aliphatic heterocycles. The molecule has 2 aromatic rings. The summed E-state index contributed by atoms with van der Waals surface area (Å²) in [6.45, 7) is 4.07. The van der Waals surface area contributed by atoms with Gasteiger partial charge in [-0.1, -0.05) is 60.4 Å². The van der Waals surface area contributed by atoms with Crippen molar-refractivity contribution in [1.29, 1.82) is 0 Å². The maximum atomic E-state index is 6.58. The number of nitrogens with one attached hydrogen (secondary N) is 1. The molecule has 2 heterocycles. The van der Waals surface area contributed by atoms with Crippen LogP contribution in [-0.4, -0.2) is 59.9 Å². The molecule has 6 nitrogen and oxygen atoms in total. The van der Waals surface area contributed by atoms with Crippen LogP contribution < -0.4 is 15.2 Å². The summed E-state index contributed by atoms with van der Waals surface area (Å²) in [5, 5.41) is 10.3. The fourth-order valence-corrected chi connectivity index (χ4v) is 6.05. The highest BCUT2D eigenvalue weighted by atomic mass is 35.5. The zero-order valence-corrected chi connectivity index (χ0v) is 22.2. The third kappa shape index (κ3) is 5.59. The number of benzene rings is 2. The van der Waals surface area contributed by atoms with E-state index in [1.54, 1.807) is 13.2 Å². The second-order valence-electron chi connectivity index (χ2n) is 9.38. The molecule has 186 valence electrons. The number of rotatable bonds is 6. The van der Waals surface area contributed by atoms with E-state index in [9.17, 15) is 0 Å². The SMILES string of the molecule is COc1ccc(C2CC(C(=S)NN3CCN(C4CCCC4)CC3)=NN2c2ccc(Cl)cc2Cl)cc1. The van der Waals surface area contributed by atoms with Gasteiger partial charge >= 0.3 is 0 Å². The molecule has 1 saturated heterocycles. The van der Waals surface area contributed by atoms with Crippen molar-refractivity contribution < 1.29 is 4.74 Å². The second kappa shape index (κ2) is 11.0. The summed E-state index contributed by atoms with van der Waals surface area (Å²) < 4.78 is 5.34. The van der Waals surface area contributed by atoms with Crippen LogP contribution in [0.25, 0.3) is 0 Å². The first-order valence-corrected chi connectivity index (χ1v) is 13.4. The molecule has 1 N–H and O–H groups in total. The highest BCUT2D eigenvalue weighted by molar-refractivity contribution is 7.82. The number of halogens is 2. The Morgan fingerprint density at radius 3 is 2.40 bits per heavy atom. The zero-order chi connectivity index (χ0) is 24.4. The zero-order valence-electron chi connectivity index (χ0n) is 19.9. The second-order valence-corrected chi connectivity index (χ2v) is 10.6. The minimum atomic E-state index is -0.0338. The van der Waals surface area contributed by atoms with Gasteiger partial charge in [0.05, 0.1) is 29.6 Å². The van der Waals surface area contributed by atoms with Crippen LogP contribution in [0.2, 0.25) is 10.0 Å². The van der Waals surface area contributed by atoms with Crippen LogP contribution in [0.1, 0.15) is 43.7 Å². The van der Waals surface area contributed by atoms with E-state index in [-0.39, 0.29) is 6.04 Å². The molecule has 2 fully saturated rings. The van der Waals surface area contributed by atoms with Crippen molar-refractivity contribution in [3.05, 3.63) is 58.1 Å². The maximum absolute atomic E-state index is 6.58. The lowest BCUT2D eigenvalue weighted by molar-refractivity contribution is 0.0832. The normalized spacial score (nSPS) is 21.9. The number of thiocarbonyl (C=S) groups is 1. The van der Waals surface area contributed by atoms with E-state index >= 15 is 0 Å². The summed E-state index contributed by atoms with van der Waals surface area (Å²) in [6.07, 6.45) is 6.11. The topological polar surface area (TPSA) is 43.3 Å². The first kappa shape index (κ1) is 24.8. The van der Waals surface area contributed by atoms with Gasteiger partial charge in [0, 0.05) is 43.7 Å². The number of ether oxygens (including phenoxy) is 1. The van der Waals surface area contributed by atoms with Crippen molar-refractivity contribution in [3.8, 4) is 5.75 Å². The summed E-state index contributed by atoms with van der Waals surface area (Å²) in [7, 11) is 1.67. The van der Waals surface area contributed by atoms with Crippen LogP contribution in [0.3, 0.4) is 0 Å². The largest absolute Gasteiger partial charge is 0.497 e. The van der Waals surface area contributed by atoms with Gasteiger partial charge in [-0.3, -0.25) is 9.91 Å². The molecule has 2 aromatic carbocycles. The molecule has 9 heteroatoms. The maximum Gasteiger partial charge on any atom is 0.137 e. The van der Waals surface area contributed by atoms with Crippen LogP contribution in [-0.2, 0) is 0 Å². The first-order chi connectivity index (χ1) is 17.0. The molecular formula is C26H31Cl2N5OS. The van der Waals surface area contributed by atoms with Crippen LogP contribution in [0.15, 0.2) is 47.6 Å². The van der Waals surface area contributed by atoms with Crippen molar-refractivity contribution >= 4 is 51.8 Å². The molecule has 0 spiro atoms. The van der Waals surface area contributed by atoms with Gasteiger partial charge < -0.3 is 10.2 Å². The van der Waals surface area contributed by atoms with E-state index < -0.39 is 0 Å². The number of piperazine rings is 1. The van der Waals surface area contributed by atoms with Crippen molar-refractivity contribution in [2.24, 2.45) is 5.10 Å². The van der Waals surface area contributed by atoms with Gasteiger partial charge in [-0.05, 0) is 48.7 Å². The number of hydrazone groups is 1. The molecule has 1 unspecified atom stereocenters. The van der Waals surface area contributed by atoms with E-state index in [1.807, 2.05) is 29.3 Å². The average Bonchev–Trinajstić information content (AvgIpc) is 3.56. The average molecular weight is 533 g/mol. The minimum absolute atomic E-state index is 0.0338. The Bertz CT molecular complexity index is 1080. The van der Waals surface area contributed by atoms with E-state index in [2.05, 4.69) is 27.5 Å². The Labute approximate surface area is 222 Å². The van der Waals surface area contributed by atoms with Gasteiger partial charge in [0.15, 0.2) is 0 Å². The van der Waals surface area contributed by atoms with Crippen molar-refractivity contribution in [2.45, 2.75) is 44.2 Å². The summed E-state index contributed by atoms with van der Waals surface area (Å²) in [6, 6.07) is 14.3. The number of methoxy groups -OCH3 is 1. The molecule has 1 saturated carbocycles. The number of nitrogens with zero attached hydrogens (tertiary/aromatic N) is 4. The quantitative estimate of drug-likeness (QED) is 0.482. The van der Waals surface area contributed by atoms with Gasteiger partial charge in [-0.2, -0.15) is 5.10 Å². The molecular weight excluding hydrogens is 501 g/mol. The Morgan fingerprint density at radius 1 is 1.03 bits per heavy atom. The molecule has 0 aromatic heterocycles. The summed E-state index contributed by atoms with van der Waals surface area (Å²) in [5.74, 6) is 0.817. The van der Waals surface area contributed by atoms with E-state index in [0.717, 1.165) is 54.9 Å². The predicted octanol–water partition coefficient (Wildman–Crippen LogP) is 5.70. The summed E-state index contributed by atoms with van der Waals surface area (Å²) in [4.78, 5) is 3.32. The molecule has 1 aliphatic carbocycles. The standard InChI is InChI=1S/C26H31Cl2N5OS/c1-34-21-9-6-18(7-10-21)25-17-23(29-33(25)24-11-8-19(27)16-22(24)28)26(35)30-32-14-12-31(13-15-32)20-4-2-3-5-20/h6-11,16,20,25H,2-5,12-15,17H2,1H3,(H,30,35). The highest BCUT2D eigenvalue weighted by Gasteiger charge is 2.33. The van der Waals surface area contributed by atoms with E-state index in [1.165, 1.54) is 25.7 Å². The Morgan fingerprint density at radius 2 is 1.74 bits per heavy atom. The van der Waals surface area contributed by atoms with Crippen molar-refractivity contribution in [1.82, 2.24) is 15.3 Å². The third-order valence-corrected chi connectivity index (χ3v) is 8.11. The third-order valence-electron chi connectivity index (χ3n) is 7.24. The minimum Gasteiger partial charge on any atom is -0.497 e. The van der Waals surface area contributed by atoms with Gasteiger partial charge in [0.1, 0.15) is 10.7 Å². The summed E-state index contributed by atoms with van der Waals surface area (Å²) >= 11 is 18.6. The lowest BCUT2D eigenvalue weighted by atomic mass is 10.0. The Kier molecular flexibility index (Phi) is 7.80. The Balaban J connectivity index is 1.31. The molecule has 0 bridgehead atoms. The van der Waals surface area contributed by atoms with Gasteiger partial charge in [-0.15, -0.1) is 0 Å². The lowest BCUT2D eigenvalue weighted by Crippen LogP contribution is -2.55. The van der Waals surface area contributed by atoms with Crippen LogP contribution in [0.4, 0.5) is 5.69 Å². The molecule has 0 amide bonds. The monoisotopic (exact) mass is 531 g/mol. The fourth-order valence-electron chi connectivity index (χ4n) is 5.30. The van der Waals surface area contributed by atoms with E-state index in [0.29, 0.717) is 21.5 Å². The molecule has 1 atom stereocenters. The summed E-state index contributed by atoms with van der Waals surface area (Å²) in [5.41, 5.74) is 6.24. The van der Waals surface area contributed by atoms with Crippen molar-refractivity contribution in [2.75, 3.05) is 38.3 Å². The molecule has 35 heavy (non-hydrogen) atoms. The van der Waals surface area contributed by atoms with Crippen LogP contribution in [0.5, 0.6) is 5.75 Å². The number of anilines is 1. The molecule has 5 rings (SSSR count). The fraction of sp³-hybridized carbons (Fsp3) is 0.462. The van der Waals surface area contributed by atoms with Crippen LogP contribution >= 0.6 is 35.4 Å². The first-order valence-electron chi connectivity index (χ1n) is 12.3. The molecule has 3 aliphatic rings. The van der Waals surface area contributed by atoms with Crippen LogP contribution in [0, 0.1) is 0 Å². The number of hydrazine groups is 1. The molecule has 0 radical (unpaired) electrons. The van der Waals surface area contributed by atoms with Gasteiger partial charge in [0.25, 0.3) is 0 Å². The van der Waals surface area contributed by atoms with E-state index in [4.69, 9.17) is 45.3 Å². The van der Waals surface area contributed by atoms with Gasteiger partial charge in [0.2, 0.25) is 0 Å². The Hall–Kier alpha value is -1.90. The van der Waals surface area contributed by atoms with Crippen molar-refractivity contribution in [3.63, 3.8) is 0 Å². The highest BCUT2D eigenvalue weighted by Crippen LogP contribution is 2.40. The predicted molar refractivity (Wildman–Crippen MR) is 148 cm³/mol.